The molecular weight excluding hydrogens is 204 g/mol. The van der Waals surface area contributed by atoms with Crippen molar-refractivity contribution in [2.24, 2.45) is 0 Å². The maximum Gasteiger partial charge on any atom is 0.125 e. The van der Waals surface area contributed by atoms with Crippen molar-refractivity contribution in [2.45, 2.75) is 25.4 Å². The first-order valence-corrected chi connectivity index (χ1v) is 5.74. The molecule has 1 aromatic carbocycles. The summed E-state index contributed by atoms with van der Waals surface area (Å²) in [4.78, 5) is 0. The zero-order chi connectivity index (χ0) is 11.4. The molecule has 2 rings (SSSR count). The fourth-order valence-electron chi connectivity index (χ4n) is 1.98. The third-order valence-corrected chi connectivity index (χ3v) is 2.91. The van der Waals surface area contributed by atoms with Crippen LogP contribution in [-0.2, 0) is 11.2 Å². The van der Waals surface area contributed by atoms with Crippen molar-refractivity contribution in [3.8, 4) is 5.75 Å². The molecule has 0 bridgehead atoms. The van der Waals surface area contributed by atoms with Crippen LogP contribution < -0.4 is 4.74 Å². The van der Waals surface area contributed by atoms with Gasteiger partial charge in [0, 0.05) is 12.7 Å². The second-order valence-electron chi connectivity index (χ2n) is 4.12. The third-order valence-electron chi connectivity index (χ3n) is 2.91. The van der Waals surface area contributed by atoms with Gasteiger partial charge in [-0.15, -0.1) is 0 Å². The van der Waals surface area contributed by atoms with E-state index in [0.717, 1.165) is 30.6 Å². The Labute approximate surface area is 96.0 Å². The molecule has 1 heterocycles. The average Bonchev–Trinajstić information content (AvgIpc) is 2.49. The number of ether oxygens (including phenoxy) is 2. The van der Waals surface area contributed by atoms with E-state index >= 15 is 0 Å². The Morgan fingerprint density at radius 1 is 1.50 bits per heavy atom. The van der Waals surface area contributed by atoms with E-state index in [1.54, 1.807) is 7.11 Å². The van der Waals surface area contributed by atoms with Crippen LogP contribution in [0.3, 0.4) is 0 Å². The van der Waals surface area contributed by atoms with Crippen molar-refractivity contribution in [3.05, 3.63) is 29.3 Å². The van der Waals surface area contributed by atoms with Gasteiger partial charge >= 0.3 is 0 Å². The number of hydrogen-bond acceptors (Lipinski definition) is 3. The van der Waals surface area contributed by atoms with E-state index in [4.69, 9.17) is 9.47 Å². The lowest BCUT2D eigenvalue weighted by Crippen LogP contribution is -2.00. The number of fused-ring (bicyclic) bond motifs is 1. The monoisotopic (exact) mass is 222 g/mol. The van der Waals surface area contributed by atoms with Crippen LogP contribution in [0.5, 0.6) is 5.75 Å². The zero-order valence-electron chi connectivity index (χ0n) is 9.61. The minimum Gasteiger partial charge on any atom is -0.493 e. The van der Waals surface area contributed by atoms with Crippen molar-refractivity contribution in [3.63, 3.8) is 0 Å². The molecule has 0 radical (unpaired) electrons. The van der Waals surface area contributed by atoms with E-state index in [9.17, 15) is 5.11 Å². The summed E-state index contributed by atoms with van der Waals surface area (Å²) in [7, 11) is 1.70. The minimum atomic E-state index is -0.389. The molecule has 0 fully saturated rings. The molecule has 0 spiro atoms. The first kappa shape index (κ1) is 11.4. The molecule has 1 aliphatic rings. The van der Waals surface area contributed by atoms with Gasteiger partial charge in [-0.1, -0.05) is 6.07 Å². The van der Waals surface area contributed by atoms with Gasteiger partial charge in [-0.25, -0.2) is 0 Å². The fourth-order valence-corrected chi connectivity index (χ4v) is 1.98. The highest BCUT2D eigenvalue weighted by Crippen LogP contribution is 2.32. The molecule has 1 atom stereocenters. The molecule has 3 heteroatoms. The third kappa shape index (κ3) is 2.54. The number of aliphatic hydroxyl groups excluding tert-OH is 1. The predicted molar refractivity (Wildman–Crippen MR) is 61.7 cm³/mol. The summed E-state index contributed by atoms with van der Waals surface area (Å²) in [5.74, 6) is 0.825. The van der Waals surface area contributed by atoms with Crippen LogP contribution in [0.2, 0.25) is 0 Å². The second kappa shape index (κ2) is 5.32. The smallest absolute Gasteiger partial charge is 0.125 e. The molecule has 16 heavy (non-hydrogen) atoms. The molecule has 0 aliphatic carbocycles. The Bertz CT molecular complexity index is 349. The van der Waals surface area contributed by atoms with Crippen molar-refractivity contribution in [2.75, 3.05) is 20.3 Å². The lowest BCUT2D eigenvalue weighted by atomic mass is 10.0. The van der Waals surface area contributed by atoms with Gasteiger partial charge in [-0.3, -0.25) is 0 Å². The van der Waals surface area contributed by atoms with E-state index in [-0.39, 0.29) is 6.10 Å². The molecule has 1 aromatic rings. The molecule has 1 unspecified atom stereocenters. The van der Waals surface area contributed by atoms with Crippen LogP contribution in [0.15, 0.2) is 18.2 Å². The van der Waals surface area contributed by atoms with Crippen LogP contribution in [0, 0.1) is 0 Å². The Morgan fingerprint density at radius 3 is 3.19 bits per heavy atom. The standard InChI is InChI=1S/C13H18O3/c1-15-8-6-10-4-5-13-11(9-10)12(14)3-2-7-16-13/h4-5,9,12,14H,2-3,6-8H2,1H3. The van der Waals surface area contributed by atoms with E-state index in [2.05, 4.69) is 0 Å². The van der Waals surface area contributed by atoms with Crippen molar-refractivity contribution >= 4 is 0 Å². The quantitative estimate of drug-likeness (QED) is 0.851. The van der Waals surface area contributed by atoms with Gasteiger partial charge in [0.2, 0.25) is 0 Å². The summed E-state index contributed by atoms with van der Waals surface area (Å²) >= 11 is 0. The first-order chi connectivity index (χ1) is 7.81. The summed E-state index contributed by atoms with van der Waals surface area (Å²) in [6.45, 7) is 1.40. The van der Waals surface area contributed by atoms with Crippen LogP contribution in [-0.4, -0.2) is 25.4 Å². The van der Waals surface area contributed by atoms with E-state index < -0.39 is 0 Å². The number of aliphatic hydroxyl groups is 1. The number of rotatable bonds is 3. The number of benzene rings is 1. The maximum atomic E-state index is 9.98. The Morgan fingerprint density at radius 2 is 2.38 bits per heavy atom. The highest BCUT2D eigenvalue weighted by Gasteiger charge is 2.17. The zero-order valence-corrected chi connectivity index (χ0v) is 9.61. The van der Waals surface area contributed by atoms with Gasteiger partial charge in [0.05, 0.1) is 19.3 Å². The molecule has 0 amide bonds. The molecule has 0 saturated carbocycles. The summed E-state index contributed by atoms with van der Waals surface area (Å²) in [6, 6.07) is 6.02. The number of hydrogen-bond donors (Lipinski definition) is 1. The van der Waals surface area contributed by atoms with Gasteiger partial charge in [0.1, 0.15) is 5.75 Å². The molecule has 0 saturated heterocycles. The Kier molecular flexibility index (Phi) is 3.80. The maximum absolute atomic E-state index is 9.98. The van der Waals surface area contributed by atoms with Gasteiger partial charge in [-0.2, -0.15) is 0 Å². The van der Waals surface area contributed by atoms with E-state index in [1.807, 2.05) is 18.2 Å². The molecular formula is C13H18O3. The average molecular weight is 222 g/mol. The predicted octanol–water partition coefficient (Wildman–Crippen LogP) is 2.08. The van der Waals surface area contributed by atoms with Crippen molar-refractivity contribution in [1.82, 2.24) is 0 Å². The number of methoxy groups -OCH3 is 1. The Hall–Kier alpha value is -1.06. The Balaban J connectivity index is 2.21. The lowest BCUT2D eigenvalue weighted by Gasteiger charge is -2.12. The van der Waals surface area contributed by atoms with Crippen LogP contribution in [0.4, 0.5) is 0 Å². The van der Waals surface area contributed by atoms with E-state index in [0.29, 0.717) is 13.2 Å². The molecule has 1 N–H and O–H groups in total. The second-order valence-corrected chi connectivity index (χ2v) is 4.12. The van der Waals surface area contributed by atoms with Crippen molar-refractivity contribution < 1.29 is 14.6 Å². The van der Waals surface area contributed by atoms with Gasteiger partial charge in [-0.05, 0) is 37.0 Å². The van der Waals surface area contributed by atoms with Gasteiger partial charge < -0.3 is 14.6 Å². The SMILES string of the molecule is COCCc1ccc2c(c1)C(O)CCCO2. The molecule has 3 nitrogen and oxygen atoms in total. The highest BCUT2D eigenvalue weighted by atomic mass is 16.5. The largest absolute Gasteiger partial charge is 0.493 e. The van der Waals surface area contributed by atoms with E-state index in [1.165, 1.54) is 5.56 Å². The molecule has 88 valence electrons. The van der Waals surface area contributed by atoms with Crippen molar-refractivity contribution in [1.29, 1.82) is 0 Å². The molecule has 0 aromatic heterocycles. The summed E-state index contributed by atoms with van der Waals surface area (Å²) in [6.07, 6.45) is 2.17. The van der Waals surface area contributed by atoms with Crippen LogP contribution in [0.1, 0.15) is 30.1 Å². The molecule has 1 aliphatic heterocycles. The van der Waals surface area contributed by atoms with Crippen LogP contribution in [0.25, 0.3) is 0 Å². The first-order valence-electron chi connectivity index (χ1n) is 5.74. The lowest BCUT2D eigenvalue weighted by molar-refractivity contribution is 0.167. The van der Waals surface area contributed by atoms with Crippen LogP contribution >= 0.6 is 0 Å². The summed E-state index contributed by atoms with van der Waals surface area (Å²) in [5.41, 5.74) is 2.11. The summed E-state index contributed by atoms with van der Waals surface area (Å²) < 4.78 is 10.6. The summed E-state index contributed by atoms with van der Waals surface area (Å²) in [5, 5.41) is 9.98. The van der Waals surface area contributed by atoms with Gasteiger partial charge in [0.25, 0.3) is 0 Å². The van der Waals surface area contributed by atoms with Gasteiger partial charge in [0.15, 0.2) is 0 Å². The fraction of sp³-hybridized carbons (Fsp3) is 0.538. The topological polar surface area (TPSA) is 38.7 Å². The highest BCUT2D eigenvalue weighted by molar-refractivity contribution is 5.39. The minimum absolute atomic E-state index is 0.389. The normalized spacial score (nSPS) is 19.8.